The zero-order chi connectivity index (χ0) is 13.7. The first-order valence-corrected chi connectivity index (χ1v) is 7.96. The number of rotatable bonds is 5. The first-order valence-electron chi connectivity index (χ1n) is 7.96. The zero-order valence-electron chi connectivity index (χ0n) is 12.8. The van der Waals surface area contributed by atoms with E-state index in [-0.39, 0.29) is 0 Å². The average Bonchev–Trinajstić information content (AvgIpc) is 2.63. The third kappa shape index (κ3) is 4.07. The van der Waals surface area contributed by atoms with Crippen LogP contribution < -0.4 is 5.32 Å². The van der Waals surface area contributed by atoms with Crippen LogP contribution in [0.5, 0.6) is 0 Å². The molecule has 0 saturated heterocycles. The maximum Gasteiger partial charge on any atom is 0.0625 e. The minimum atomic E-state index is 0.623. The maximum absolute atomic E-state index is 4.51. The standard InChI is InChI=1S/C16H29N3/c1-4-15-11-16(19(3)18-15)12-17-13(2)14-9-7-5-6-8-10-14/h11,13-14,17H,4-10,12H2,1-3H3/t13-/m1/s1. The molecule has 1 aliphatic carbocycles. The number of aromatic nitrogens is 2. The molecule has 108 valence electrons. The average molecular weight is 263 g/mol. The normalized spacial score (nSPS) is 19.3. The van der Waals surface area contributed by atoms with Crippen molar-refractivity contribution >= 4 is 0 Å². The van der Waals surface area contributed by atoms with Crippen molar-refractivity contribution in [1.29, 1.82) is 0 Å². The lowest BCUT2D eigenvalue weighted by atomic mass is 9.93. The monoisotopic (exact) mass is 263 g/mol. The second-order valence-electron chi connectivity index (χ2n) is 6.03. The van der Waals surface area contributed by atoms with E-state index in [1.165, 1.54) is 49.9 Å². The lowest BCUT2D eigenvalue weighted by molar-refractivity contribution is 0.334. The molecule has 2 rings (SSSR count). The van der Waals surface area contributed by atoms with Gasteiger partial charge in [0.15, 0.2) is 0 Å². The number of aryl methyl sites for hydroxylation is 2. The van der Waals surface area contributed by atoms with Crippen LogP contribution in [0.25, 0.3) is 0 Å². The fraction of sp³-hybridized carbons (Fsp3) is 0.812. The first kappa shape index (κ1) is 14.6. The van der Waals surface area contributed by atoms with Crippen LogP contribution in [0, 0.1) is 5.92 Å². The van der Waals surface area contributed by atoms with Crippen molar-refractivity contribution in [3.8, 4) is 0 Å². The summed E-state index contributed by atoms with van der Waals surface area (Å²) in [5.74, 6) is 0.862. The molecular weight excluding hydrogens is 234 g/mol. The highest BCUT2D eigenvalue weighted by Gasteiger charge is 2.18. The third-order valence-electron chi connectivity index (χ3n) is 4.60. The Bertz CT molecular complexity index is 375. The molecule has 3 nitrogen and oxygen atoms in total. The second-order valence-corrected chi connectivity index (χ2v) is 6.03. The summed E-state index contributed by atoms with van der Waals surface area (Å²) < 4.78 is 2.02. The fourth-order valence-electron chi connectivity index (χ4n) is 3.15. The molecule has 3 heteroatoms. The van der Waals surface area contributed by atoms with E-state index in [1.807, 2.05) is 11.7 Å². The summed E-state index contributed by atoms with van der Waals surface area (Å²) in [6.45, 7) is 5.46. The summed E-state index contributed by atoms with van der Waals surface area (Å²) in [4.78, 5) is 0. The number of nitrogens with zero attached hydrogens (tertiary/aromatic N) is 2. The minimum absolute atomic E-state index is 0.623. The molecule has 1 aromatic rings. The Morgan fingerprint density at radius 2 is 2.00 bits per heavy atom. The summed E-state index contributed by atoms with van der Waals surface area (Å²) in [5.41, 5.74) is 2.50. The number of hydrogen-bond acceptors (Lipinski definition) is 2. The van der Waals surface area contributed by atoms with E-state index in [2.05, 4.69) is 30.3 Å². The SMILES string of the molecule is CCc1cc(CN[C@H](C)C2CCCCCC2)n(C)n1. The quantitative estimate of drug-likeness (QED) is 0.825. The van der Waals surface area contributed by atoms with Gasteiger partial charge in [-0.2, -0.15) is 5.10 Å². The molecule has 0 unspecified atom stereocenters. The molecule has 0 aromatic carbocycles. The van der Waals surface area contributed by atoms with Gasteiger partial charge in [0.05, 0.1) is 11.4 Å². The molecule has 1 atom stereocenters. The lowest BCUT2D eigenvalue weighted by Crippen LogP contribution is -2.33. The van der Waals surface area contributed by atoms with Crippen molar-refractivity contribution in [3.05, 3.63) is 17.5 Å². The van der Waals surface area contributed by atoms with Crippen LogP contribution in [0.4, 0.5) is 0 Å². The van der Waals surface area contributed by atoms with E-state index in [0.29, 0.717) is 6.04 Å². The van der Waals surface area contributed by atoms with Gasteiger partial charge in [-0.05, 0) is 38.2 Å². The van der Waals surface area contributed by atoms with Crippen molar-refractivity contribution in [2.75, 3.05) is 0 Å². The van der Waals surface area contributed by atoms with Gasteiger partial charge in [0, 0.05) is 19.6 Å². The minimum Gasteiger partial charge on any atom is -0.308 e. The first-order chi connectivity index (χ1) is 9.20. The highest BCUT2D eigenvalue weighted by molar-refractivity contribution is 5.10. The van der Waals surface area contributed by atoms with Gasteiger partial charge < -0.3 is 5.32 Å². The summed E-state index contributed by atoms with van der Waals surface area (Å²) in [5, 5.41) is 8.23. The van der Waals surface area contributed by atoms with Crippen molar-refractivity contribution in [2.45, 2.75) is 71.4 Å². The van der Waals surface area contributed by atoms with Crippen LogP contribution >= 0.6 is 0 Å². The van der Waals surface area contributed by atoms with Crippen LogP contribution in [0.1, 0.15) is 63.8 Å². The molecule has 1 saturated carbocycles. The molecule has 1 heterocycles. The molecule has 1 aliphatic rings. The van der Waals surface area contributed by atoms with Crippen LogP contribution in [0.3, 0.4) is 0 Å². The number of hydrogen-bond donors (Lipinski definition) is 1. The van der Waals surface area contributed by atoms with Crippen molar-refractivity contribution in [2.24, 2.45) is 13.0 Å². The topological polar surface area (TPSA) is 29.9 Å². The van der Waals surface area contributed by atoms with Crippen LogP contribution in [-0.4, -0.2) is 15.8 Å². The smallest absolute Gasteiger partial charge is 0.0625 e. The van der Waals surface area contributed by atoms with Gasteiger partial charge in [-0.3, -0.25) is 4.68 Å². The molecule has 0 aliphatic heterocycles. The Morgan fingerprint density at radius 3 is 2.58 bits per heavy atom. The van der Waals surface area contributed by atoms with Crippen LogP contribution in [-0.2, 0) is 20.0 Å². The summed E-state index contributed by atoms with van der Waals surface area (Å²) in [7, 11) is 2.05. The van der Waals surface area contributed by atoms with E-state index in [1.54, 1.807) is 0 Å². The van der Waals surface area contributed by atoms with Gasteiger partial charge in [0.2, 0.25) is 0 Å². The predicted molar refractivity (Wildman–Crippen MR) is 80.1 cm³/mol. The summed E-state index contributed by atoms with van der Waals surface area (Å²) in [6, 6.07) is 2.85. The third-order valence-corrected chi connectivity index (χ3v) is 4.60. The van der Waals surface area contributed by atoms with E-state index in [9.17, 15) is 0 Å². The van der Waals surface area contributed by atoms with Gasteiger partial charge in [0.1, 0.15) is 0 Å². The van der Waals surface area contributed by atoms with Gasteiger partial charge in [-0.25, -0.2) is 0 Å². The molecule has 0 amide bonds. The van der Waals surface area contributed by atoms with Gasteiger partial charge >= 0.3 is 0 Å². The molecule has 0 bridgehead atoms. The van der Waals surface area contributed by atoms with Crippen LogP contribution in [0.15, 0.2) is 6.07 Å². The predicted octanol–water partition coefficient (Wildman–Crippen LogP) is 3.43. The van der Waals surface area contributed by atoms with Crippen molar-refractivity contribution < 1.29 is 0 Å². The van der Waals surface area contributed by atoms with E-state index < -0.39 is 0 Å². The fourth-order valence-corrected chi connectivity index (χ4v) is 3.15. The van der Waals surface area contributed by atoms with Crippen molar-refractivity contribution in [1.82, 2.24) is 15.1 Å². The highest BCUT2D eigenvalue weighted by atomic mass is 15.3. The van der Waals surface area contributed by atoms with Crippen LogP contribution in [0.2, 0.25) is 0 Å². The summed E-state index contributed by atoms with van der Waals surface area (Å²) in [6.07, 6.45) is 9.53. The largest absolute Gasteiger partial charge is 0.308 e. The molecule has 0 radical (unpaired) electrons. The molecule has 1 N–H and O–H groups in total. The molecule has 1 fully saturated rings. The number of nitrogens with one attached hydrogen (secondary N) is 1. The van der Waals surface area contributed by atoms with Gasteiger partial charge in [-0.1, -0.05) is 32.6 Å². The van der Waals surface area contributed by atoms with E-state index in [0.717, 1.165) is 18.9 Å². The molecule has 0 spiro atoms. The Labute approximate surface area is 117 Å². The lowest BCUT2D eigenvalue weighted by Gasteiger charge is -2.23. The Hall–Kier alpha value is -0.830. The summed E-state index contributed by atoms with van der Waals surface area (Å²) >= 11 is 0. The van der Waals surface area contributed by atoms with E-state index in [4.69, 9.17) is 0 Å². The Morgan fingerprint density at radius 1 is 1.32 bits per heavy atom. The molecular formula is C16H29N3. The van der Waals surface area contributed by atoms with E-state index >= 15 is 0 Å². The maximum atomic E-state index is 4.51. The van der Waals surface area contributed by atoms with Crippen molar-refractivity contribution in [3.63, 3.8) is 0 Å². The zero-order valence-corrected chi connectivity index (χ0v) is 12.8. The Kier molecular flexibility index (Phi) is 5.44. The van der Waals surface area contributed by atoms with Gasteiger partial charge in [-0.15, -0.1) is 0 Å². The van der Waals surface area contributed by atoms with Gasteiger partial charge in [0.25, 0.3) is 0 Å². The molecule has 1 aromatic heterocycles. The molecule has 19 heavy (non-hydrogen) atoms. The Balaban J connectivity index is 1.84. The highest BCUT2D eigenvalue weighted by Crippen LogP contribution is 2.25. The second kappa shape index (κ2) is 7.09.